The molecule has 1 saturated carbocycles. The zero-order valence-corrected chi connectivity index (χ0v) is 14.1. The van der Waals surface area contributed by atoms with Crippen LogP contribution >= 0.6 is 11.3 Å². The Bertz CT molecular complexity index is 927. The van der Waals surface area contributed by atoms with Gasteiger partial charge >= 0.3 is 0 Å². The molecule has 4 nitrogen and oxygen atoms in total. The zero-order chi connectivity index (χ0) is 15.9. The van der Waals surface area contributed by atoms with Crippen molar-refractivity contribution in [3.05, 3.63) is 58.9 Å². The summed E-state index contributed by atoms with van der Waals surface area (Å²) in [7, 11) is -3.57. The number of nitrogens with zero attached hydrogens (tertiary/aromatic N) is 2. The van der Waals surface area contributed by atoms with Crippen LogP contribution < -0.4 is 0 Å². The van der Waals surface area contributed by atoms with E-state index in [-0.39, 0.29) is 6.04 Å². The van der Waals surface area contributed by atoms with Gasteiger partial charge in [-0.15, -0.1) is 0 Å². The number of sulfonamides is 1. The van der Waals surface area contributed by atoms with E-state index >= 15 is 0 Å². The molecule has 0 N–H and O–H groups in total. The fraction of sp³-hybridized carbons (Fsp3) is 0.235. The van der Waals surface area contributed by atoms with Gasteiger partial charge in [-0.3, -0.25) is 4.98 Å². The van der Waals surface area contributed by atoms with Gasteiger partial charge < -0.3 is 0 Å². The summed E-state index contributed by atoms with van der Waals surface area (Å²) in [6, 6.07) is 11.1. The van der Waals surface area contributed by atoms with E-state index in [9.17, 15) is 8.42 Å². The predicted octanol–water partition coefficient (Wildman–Crippen LogP) is 3.65. The smallest absolute Gasteiger partial charge is 0.245 e. The van der Waals surface area contributed by atoms with Gasteiger partial charge in [-0.1, -0.05) is 18.2 Å². The summed E-state index contributed by atoms with van der Waals surface area (Å²) < 4.78 is 28.1. The molecule has 0 bridgehead atoms. The van der Waals surface area contributed by atoms with Crippen molar-refractivity contribution in [3.8, 4) is 0 Å². The topological polar surface area (TPSA) is 50.3 Å². The molecule has 2 aromatic heterocycles. The second-order valence-corrected chi connectivity index (χ2v) is 8.38. The molecule has 0 saturated heterocycles. The van der Waals surface area contributed by atoms with E-state index in [4.69, 9.17) is 0 Å². The molecule has 0 atom stereocenters. The zero-order valence-electron chi connectivity index (χ0n) is 12.4. The quantitative estimate of drug-likeness (QED) is 0.710. The molecule has 0 spiro atoms. The number of hydrogen-bond acceptors (Lipinski definition) is 4. The van der Waals surface area contributed by atoms with Gasteiger partial charge in [0.05, 0.1) is 5.52 Å². The number of thiophene rings is 1. The van der Waals surface area contributed by atoms with Crippen LogP contribution in [-0.4, -0.2) is 23.7 Å². The minimum absolute atomic E-state index is 0.110. The van der Waals surface area contributed by atoms with E-state index in [1.165, 1.54) is 0 Å². The molecule has 3 aromatic rings. The Morgan fingerprint density at radius 2 is 2.00 bits per heavy atom. The largest absolute Gasteiger partial charge is 0.255 e. The molecule has 118 valence electrons. The third-order valence-electron chi connectivity index (χ3n) is 4.05. The van der Waals surface area contributed by atoms with Gasteiger partial charge in [-0.2, -0.15) is 15.6 Å². The summed E-state index contributed by atoms with van der Waals surface area (Å²) in [5.74, 6) is 0. The maximum absolute atomic E-state index is 13.2. The van der Waals surface area contributed by atoms with Crippen molar-refractivity contribution in [1.82, 2.24) is 9.29 Å². The first-order chi connectivity index (χ1) is 11.2. The van der Waals surface area contributed by atoms with E-state index in [1.807, 2.05) is 35.0 Å². The minimum Gasteiger partial charge on any atom is -0.255 e. The van der Waals surface area contributed by atoms with Crippen molar-refractivity contribution in [3.63, 3.8) is 0 Å². The maximum Gasteiger partial charge on any atom is 0.245 e. The number of benzene rings is 1. The van der Waals surface area contributed by atoms with Crippen molar-refractivity contribution in [2.45, 2.75) is 30.3 Å². The predicted molar refractivity (Wildman–Crippen MR) is 91.8 cm³/mol. The monoisotopic (exact) mass is 344 g/mol. The molecular weight excluding hydrogens is 328 g/mol. The number of rotatable bonds is 5. The van der Waals surface area contributed by atoms with Gasteiger partial charge in [-0.25, -0.2) is 8.42 Å². The first-order valence-corrected chi connectivity index (χ1v) is 9.91. The molecule has 0 radical (unpaired) electrons. The number of fused-ring (bicyclic) bond motifs is 1. The van der Waals surface area contributed by atoms with Gasteiger partial charge in [0.2, 0.25) is 10.0 Å². The Kier molecular flexibility index (Phi) is 3.67. The van der Waals surface area contributed by atoms with Crippen molar-refractivity contribution in [1.29, 1.82) is 0 Å². The van der Waals surface area contributed by atoms with Gasteiger partial charge in [0.25, 0.3) is 0 Å². The summed E-state index contributed by atoms with van der Waals surface area (Å²) in [5, 5.41) is 4.83. The van der Waals surface area contributed by atoms with Crippen LogP contribution in [0.25, 0.3) is 10.9 Å². The highest BCUT2D eigenvalue weighted by atomic mass is 32.2. The normalized spacial score (nSPS) is 15.3. The highest BCUT2D eigenvalue weighted by Gasteiger charge is 2.38. The summed E-state index contributed by atoms with van der Waals surface area (Å²) in [4.78, 5) is 4.61. The lowest BCUT2D eigenvalue weighted by molar-refractivity contribution is 0.399. The minimum atomic E-state index is -3.57. The number of pyridine rings is 1. The van der Waals surface area contributed by atoms with Crippen LogP contribution in [0.3, 0.4) is 0 Å². The van der Waals surface area contributed by atoms with Crippen LogP contribution in [0.1, 0.15) is 18.4 Å². The molecule has 0 amide bonds. The van der Waals surface area contributed by atoms with Crippen LogP contribution in [0.2, 0.25) is 0 Å². The van der Waals surface area contributed by atoms with Crippen molar-refractivity contribution in [2.75, 3.05) is 0 Å². The third kappa shape index (κ3) is 2.78. The van der Waals surface area contributed by atoms with E-state index in [0.717, 1.165) is 23.8 Å². The van der Waals surface area contributed by atoms with Gasteiger partial charge in [0.1, 0.15) is 4.90 Å². The second kappa shape index (κ2) is 5.70. The number of para-hydroxylation sites is 1. The van der Waals surface area contributed by atoms with Gasteiger partial charge in [0, 0.05) is 24.2 Å². The number of hydrogen-bond donors (Lipinski definition) is 0. The lowest BCUT2D eigenvalue weighted by atomic mass is 10.2. The second-order valence-electron chi connectivity index (χ2n) is 5.74. The molecule has 23 heavy (non-hydrogen) atoms. The van der Waals surface area contributed by atoms with E-state index in [2.05, 4.69) is 4.98 Å². The molecule has 0 aliphatic heterocycles. The molecule has 0 unspecified atom stereocenters. The molecule has 1 fully saturated rings. The van der Waals surface area contributed by atoms with E-state index in [1.54, 1.807) is 34.0 Å². The Balaban J connectivity index is 1.80. The van der Waals surface area contributed by atoms with Crippen LogP contribution in [0.4, 0.5) is 0 Å². The summed E-state index contributed by atoms with van der Waals surface area (Å²) >= 11 is 1.59. The average molecular weight is 344 g/mol. The van der Waals surface area contributed by atoms with Crippen LogP contribution in [0, 0.1) is 0 Å². The molecule has 1 aliphatic carbocycles. The highest BCUT2D eigenvalue weighted by Crippen LogP contribution is 2.35. The molecule has 1 aromatic carbocycles. The van der Waals surface area contributed by atoms with Gasteiger partial charge in [-0.05, 0) is 47.4 Å². The highest BCUT2D eigenvalue weighted by molar-refractivity contribution is 7.89. The molecule has 1 aliphatic rings. The van der Waals surface area contributed by atoms with Crippen LogP contribution in [0.5, 0.6) is 0 Å². The summed E-state index contributed by atoms with van der Waals surface area (Å²) in [6.07, 6.45) is 3.50. The third-order valence-corrected chi connectivity index (χ3v) is 6.72. The lowest BCUT2D eigenvalue weighted by Gasteiger charge is -2.22. The Morgan fingerprint density at radius 3 is 2.74 bits per heavy atom. The van der Waals surface area contributed by atoms with Crippen molar-refractivity contribution < 1.29 is 8.42 Å². The van der Waals surface area contributed by atoms with Gasteiger partial charge in [0.15, 0.2) is 0 Å². The number of aromatic nitrogens is 1. The average Bonchev–Trinajstić information content (AvgIpc) is 3.27. The fourth-order valence-electron chi connectivity index (χ4n) is 2.75. The van der Waals surface area contributed by atoms with Crippen molar-refractivity contribution in [2.24, 2.45) is 0 Å². The maximum atomic E-state index is 13.2. The molecule has 2 heterocycles. The Labute approximate surface area is 139 Å². The Hall–Kier alpha value is -1.76. The van der Waals surface area contributed by atoms with Crippen LogP contribution in [0.15, 0.2) is 58.3 Å². The standard InChI is InChI=1S/C17H16N2O2S2/c20-23(21,16-5-1-3-14-4-2-9-18-17(14)16)19(15-6-7-15)11-13-8-10-22-12-13/h1-5,8-10,12,15H,6-7,11H2. The first kappa shape index (κ1) is 14.8. The Morgan fingerprint density at radius 1 is 1.17 bits per heavy atom. The SMILES string of the molecule is O=S(=O)(c1cccc2cccnc12)N(Cc1ccsc1)C1CC1. The lowest BCUT2D eigenvalue weighted by Crippen LogP contribution is -2.32. The fourth-order valence-corrected chi connectivity index (χ4v) is 5.25. The molecular formula is C17H16N2O2S2. The van der Waals surface area contributed by atoms with Crippen LogP contribution in [-0.2, 0) is 16.6 Å². The molecule has 6 heteroatoms. The van der Waals surface area contributed by atoms with Crippen molar-refractivity contribution >= 4 is 32.3 Å². The van der Waals surface area contributed by atoms with E-state index in [0.29, 0.717) is 17.0 Å². The summed E-state index contributed by atoms with van der Waals surface area (Å²) in [5.41, 5.74) is 1.59. The molecule has 4 rings (SSSR count). The van der Waals surface area contributed by atoms with E-state index < -0.39 is 10.0 Å². The first-order valence-electron chi connectivity index (χ1n) is 7.53. The summed E-state index contributed by atoms with van der Waals surface area (Å²) in [6.45, 7) is 0.430.